The number of hydrogen-bond acceptors (Lipinski definition) is 4. The van der Waals surface area contributed by atoms with Crippen molar-refractivity contribution in [3.63, 3.8) is 0 Å². The lowest BCUT2D eigenvalue weighted by Gasteiger charge is -2.56. The van der Waals surface area contributed by atoms with E-state index in [-0.39, 0.29) is 10.3 Å². The maximum atomic E-state index is 12.9. The summed E-state index contributed by atoms with van der Waals surface area (Å²) in [7, 11) is -3.53. The summed E-state index contributed by atoms with van der Waals surface area (Å²) in [6.45, 7) is 1.73. The highest BCUT2D eigenvalue weighted by atomic mass is 32.2. The molecule has 0 aromatic heterocycles. The highest BCUT2D eigenvalue weighted by Gasteiger charge is 2.50. The van der Waals surface area contributed by atoms with Gasteiger partial charge in [-0.15, -0.1) is 0 Å². The third-order valence-corrected chi connectivity index (χ3v) is 8.23. The molecule has 0 spiro atoms. The molecule has 0 unspecified atom stereocenters. The van der Waals surface area contributed by atoms with Crippen molar-refractivity contribution in [2.24, 2.45) is 23.2 Å². The van der Waals surface area contributed by atoms with E-state index in [0.717, 1.165) is 24.2 Å². The predicted octanol–water partition coefficient (Wildman–Crippen LogP) is 3.34. The molecule has 6 rings (SSSR count). The van der Waals surface area contributed by atoms with Gasteiger partial charge in [-0.05, 0) is 73.8 Å². The standard InChI is InChI=1S/C20H27NO4S/c22-26(23,17-2-3-18-19(9-17)25-5-1-4-24-18)21-13-20-10-14-6-15(11-20)8-16(7-14)12-20/h2-3,9,14-16,21H,1,4-8,10-13H2. The lowest BCUT2D eigenvalue weighted by atomic mass is 9.50. The summed E-state index contributed by atoms with van der Waals surface area (Å²) < 4.78 is 40.0. The fraction of sp³-hybridized carbons (Fsp3) is 0.700. The lowest BCUT2D eigenvalue weighted by Crippen LogP contribution is -2.51. The van der Waals surface area contributed by atoms with E-state index in [1.807, 2.05) is 0 Å². The Morgan fingerprint density at radius 2 is 1.58 bits per heavy atom. The maximum absolute atomic E-state index is 12.9. The van der Waals surface area contributed by atoms with Crippen LogP contribution in [0.1, 0.15) is 44.9 Å². The number of benzene rings is 1. The van der Waals surface area contributed by atoms with E-state index in [1.54, 1.807) is 18.2 Å². The monoisotopic (exact) mass is 377 g/mol. The molecule has 0 radical (unpaired) electrons. The molecule has 5 aliphatic rings. The van der Waals surface area contributed by atoms with Crippen molar-refractivity contribution in [3.05, 3.63) is 18.2 Å². The third-order valence-electron chi connectivity index (χ3n) is 6.83. The molecule has 1 N–H and O–H groups in total. The Morgan fingerprint density at radius 3 is 2.23 bits per heavy atom. The first-order chi connectivity index (χ1) is 12.5. The molecule has 4 aliphatic carbocycles. The van der Waals surface area contributed by atoms with E-state index in [4.69, 9.17) is 9.47 Å². The van der Waals surface area contributed by atoms with E-state index in [9.17, 15) is 8.42 Å². The van der Waals surface area contributed by atoms with E-state index in [1.165, 1.54) is 38.5 Å². The second-order valence-corrected chi connectivity index (χ2v) is 10.7. The summed E-state index contributed by atoms with van der Waals surface area (Å²) in [5.74, 6) is 3.62. The SMILES string of the molecule is O=S(=O)(NCC12CC3CC(CC(C3)C1)C2)c1ccc2c(c1)OCCCO2. The minimum absolute atomic E-state index is 0.188. The molecule has 4 bridgehead atoms. The Labute approximate surface area is 155 Å². The molecule has 1 heterocycles. The van der Waals surface area contributed by atoms with Gasteiger partial charge in [-0.2, -0.15) is 0 Å². The van der Waals surface area contributed by atoms with Crippen LogP contribution in [0.5, 0.6) is 11.5 Å². The molecular weight excluding hydrogens is 350 g/mol. The fourth-order valence-corrected chi connectivity index (χ4v) is 7.32. The minimum atomic E-state index is -3.53. The van der Waals surface area contributed by atoms with Gasteiger partial charge in [-0.3, -0.25) is 0 Å². The van der Waals surface area contributed by atoms with Crippen LogP contribution in [0.2, 0.25) is 0 Å². The smallest absolute Gasteiger partial charge is 0.240 e. The first-order valence-corrected chi connectivity index (χ1v) is 11.4. The normalized spacial score (nSPS) is 35.3. The van der Waals surface area contributed by atoms with Gasteiger partial charge in [0.05, 0.1) is 18.1 Å². The molecule has 1 aliphatic heterocycles. The van der Waals surface area contributed by atoms with Crippen LogP contribution in [0.25, 0.3) is 0 Å². The van der Waals surface area contributed by atoms with Gasteiger partial charge in [-0.25, -0.2) is 13.1 Å². The zero-order valence-corrected chi connectivity index (χ0v) is 15.9. The molecule has 26 heavy (non-hydrogen) atoms. The molecule has 0 amide bonds. The summed E-state index contributed by atoms with van der Waals surface area (Å²) in [6, 6.07) is 4.93. The number of nitrogens with one attached hydrogen (secondary N) is 1. The summed E-state index contributed by atoms with van der Waals surface area (Å²) in [4.78, 5) is 0.270. The van der Waals surface area contributed by atoms with Crippen molar-refractivity contribution in [2.75, 3.05) is 19.8 Å². The van der Waals surface area contributed by atoms with Crippen molar-refractivity contribution in [3.8, 4) is 11.5 Å². The van der Waals surface area contributed by atoms with Crippen molar-refractivity contribution in [1.29, 1.82) is 0 Å². The van der Waals surface area contributed by atoms with Gasteiger partial charge in [0.1, 0.15) is 0 Å². The summed E-state index contributed by atoms with van der Waals surface area (Å²) in [5.41, 5.74) is 0.188. The van der Waals surface area contributed by atoms with Crippen LogP contribution in [-0.4, -0.2) is 28.2 Å². The van der Waals surface area contributed by atoms with Gasteiger partial charge in [0.15, 0.2) is 11.5 Å². The van der Waals surface area contributed by atoms with Crippen LogP contribution in [0.15, 0.2) is 23.1 Å². The van der Waals surface area contributed by atoms with Crippen molar-refractivity contribution in [1.82, 2.24) is 4.72 Å². The van der Waals surface area contributed by atoms with Gasteiger partial charge < -0.3 is 9.47 Å². The Morgan fingerprint density at radius 1 is 0.962 bits per heavy atom. The number of fused-ring (bicyclic) bond motifs is 1. The van der Waals surface area contributed by atoms with Crippen LogP contribution < -0.4 is 14.2 Å². The van der Waals surface area contributed by atoms with Crippen LogP contribution in [0.4, 0.5) is 0 Å². The number of hydrogen-bond donors (Lipinski definition) is 1. The van der Waals surface area contributed by atoms with Crippen LogP contribution >= 0.6 is 0 Å². The molecule has 142 valence electrons. The van der Waals surface area contributed by atoms with Gasteiger partial charge in [0.25, 0.3) is 0 Å². The molecule has 0 atom stereocenters. The van der Waals surface area contributed by atoms with Crippen molar-refractivity contribution < 1.29 is 17.9 Å². The minimum Gasteiger partial charge on any atom is -0.490 e. The Balaban J connectivity index is 1.33. The first kappa shape index (κ1) is 16.9. The second-order valence-electron chi connectivity index (χ2n) is 8.90. The van der Waals surface area contributed by atoms with Gasteiger partial charge in [0, 0.05) is 19.0 Å². The Bertz CT molecular complexity index is 769. The van der Waals surface area contributed by atoms with Gasteiger partial charge in [-0.1, -0.05) is 0 Å². The largest absolute Gasteiger partial charge is 0.490 e. The molecule has 1 aromatic carbocycles. The summed E-state index contributed by atoms with van der Waals surface area (Å²) >= 11 is 0. The van der Waals surface area contributed by atoms with Crippen LogP contribution in [-0.2, 0) is 10.0 Å². The third kappa shape index (κ3) is 3.01. The van der Waals surface area contributed by atoms with E-state index >= 15 is 0 Å². The van der Waals surface area contributed by atoms with Crippen LogP contribution in [0.3, 0.4) is 0 Å². The highest BCUT2D eigenvalue weighted by Crippen LogP contribution is 2.59. The zero-order chi connectivity index (χ0) is 17.8. The van der Waals surface area contributed by atoms with E-state index < -0.39 is 10.0 Å². The summed E-state index contributed by atoms with van der Waals surface area (Å²) in [5, 5.41) is 0. The van der Waals surface area contributed by atoms with Gasteiger partial charge in [0.2, 0.25) is 10.0 Å². The summed E-state index contributed by atoms with van der Waals surface area (Å²) in [6.07, 6.45) is 8.51. The van der Waals surface area contributed by atoms with Crippen LogP contribution in [0, 0.1) is 23.2 Å². The second kappa shape index (κ2) is 6.13. The molecular formula is C20H27NO4S. The fourth-order valence-electron chi connectivity index (χ4n) is 6.15. The molecule has 4 saturated carbocycles. The average Bonchev–Trinajstić information content (AvgIpc) is 2.84. The number of ether oxygens (including phenoxy) is 2. The van der Waals surface area contributed by atoms with Gasteiger partial charge >= 0.3 is 0 Å². The predicted molar refractivity (Wildman–Crippen MR) is 97.8 cm³/mol. The first-order valence-electron chi connectivity index (χ1n) is 9.91. The Kier molecular flexibility index (Phi) is 3.98. The molecule has 5 nitrogen and oxygen atoms in total. The number of rotatable bonds is 4. The maximum Gasteiger partial charge on any atom is 0.240 e. The molecule has 1 aromatic rings. The molecule has 6 heteroatoms. The van der Waals surface area contributed by atoms with E-state index in [0.29, 0.717) is 31.3 Å². The van der Waals surface area contributed by atoms with Crippen molar-refractivity contribution >= 4 is 10.0 Å². The zero-order valence-electron chi connectivity index (χ0n) is 15.1. The quantitative estimate of drug-likeness (QED) is 0.874. The number of sulfonamides is 1. The lowest BCUT2D eigenvalue weighted by molar-refractivity contribution is -0.0487. The average molecular weight is 378 g/mol. The Hall–Kier alpha value is -1.27. The highest BCUT2D eigenvalue weighted by molar-refractivity contribution is 7.89. The molecule has 0 saturated heterocycles. The molecule has 4 fully saturated rings. The van der Waals surface area contributed by atoms with Crippen molar-refractivity contribution in [2.45, 2.75) is 49.8 Å². The van der Waals surface area contributed by atoms with E-state index in [2.05, 4.69) is 4.72 Å². The topological polar surface area (TPSA) is 64.6 Å².